The van der Waals surface area contributed by atoms with E-state index in [4.69, 9.17) is 9.47 Å². The van der Waals surface area contributed by atoms with E-state index in [0.717, 1.165) is 23.1 Å². The number of ether oxygens (including phenoxy) is 2. The number of carbonyl (C=O) groups is 2. The van der Waals surface area contributed by atoms with E-state index in [2.05, 4.69) is 10.6 Å². The zero-order valence-electron chi connectivity index (χ0n) is 18.5. The zero-order chi connectivity index (χ0) is 22.1. The highest BCUT2D eigenvalue weighted by atomic mass is 16.5. The van der Waals surface area contributed by atoms with Crippen molar-refractivity contribution in [3.63, 3.8) is 0 Å². The fourth-order valence-corrected chi connectivity index (χ4v) is 3.15. The molecule has 0 radical (unpaired) electrons. The maximum atomic E-state index is 12.7. The first-order valence-electron chi connectivity index (χ1n) is 10.3. The molecule has 0 spiro atoms. The maximum absolute atomic E-state index is 12.7. The van der Waals surface area contributed by atoms with Gasteiger partial charge in [-0.15, -0.1) is 0 Å². The molecule has 6 heteroatoms. The van der Waals surface area contributed by atoms with Gasteiger partial charge >= 0.3 is 0 Å². The minimum absolute atomic E-state index is 0.146. The van der Waals surface area contributed by atoms with E-state index < -0.39 is 0 Å². The van der Waals surface area contributed by atoms with Gasteiger partial charge in [-0.3, -0.25) is 9.59 Å². The molecule has 0 saturated carbocycles. The lowest BCUT2D eigenvalue weighted by molar-refractivity contribution is -0.123. The number of hydrogen-bond acceptors (Lipinski definition) is 4. The molecule has 2 amide bonds. The number of methoxy groups -OCH3 is 1. The van der Waals surface area contributed by atoms with Gasteiger partial charge in [0, 0.05) is 6.92 Å². The van der Waals surface area contributed by atoms with Crippen molar-refractivity contribution in [2.24, 2.45) is 0 Å². The number of hydrogen-bond donors (Lipinski definition) is 2. The SMILES string of the molecule is CCCOc1ccc(C(C)NC(=O)CC(NC(C)=O)c2ccc(C)cc2)cc1OC. The lowest BCUT2D eigenvalue weighted by Crippen LogP contribution is -2.33. The Morgan fingerprint density at radius 1 is 1.00 bits per heavy atom. The first kappa shape index (κ1) is 23.3. The van der Waals surface area contributed by atoms with Crippen LogP contribution in [0.2, 0.25) is 0 Å². The van der Waals surface area contributed by atoms with Crippen LogP contribution in [0.3, 0.4) is 0 Å². The average Bonchev–Trinajstić information content (AvgIpc) is 2.71. The summed E-state index contributed by atoms with van der Waals surface area (Å²) in [6.07, 6.45) is 1.07. The van der Waals surface area contributed by atoms with Gasteiger partial charge in [-0.1, -0.05) is 42.8 Å². The molecule has 2 N–H and O–H groups in total. The summed E-state index contributed by atoms with van der Waals surface area (Å²) in [5, 5.41) is 5.88. The lowest BCUT2D eigenvalue weighted by Gasteiger charge is -2.21. The van der Waals surface area contributed by atoms with Crippen molar-refractivity contribution in [2.75, 3.05) is 13.7 Å². The van der Waals surface area contributed by atoms with Gasteiger partial charge in [-0.05, 0) is 43.5 Å². The van der Waals surface area contributed by atoms with Gasteiger partial charge in [-0.2, -0.15) is 0 Å². The molecule has 162 valence electrons. The molecule has 0 aliphatic carbocycles. The van der Waals surface area contributed by atoms with Crippen molar-refractivity contribution in [1.82, 2.24) is 10.6 Å². The summed E-state index contributed by atoms with van der Waals surface area (Å²) < 4.78 is 11.1. The average molecular weight is 413 g/mol. The fraction of sp³-hybridized carbons (Fsp3) is 0.417. The summed E-state index contributed by atoms with van der Waals surface area (Å²) in [7, 11) is 1.60. The third-order valence-electron chi connectivity index (χ3n) is 4.77. The predicted octanol–water partition coefficient (Wildman–Crippen LogP) is 4.24. The summed E-state index contributed by atoms with van der Waals surface area (Å²) in [6.45, 7) is 8.03. The summed E-state index contributed by atoms with van der Waals surface area (Å²) in [5.74, 6) is 1.01. The third-order valence-corrected chi connectivity index (χ3v) is 4.77. The molecule has 0 aliphatic heterocycles. The third kappa shape index (κ3) is 6.79. The molecule has 30 heavy (non-hydrogen) atoms. The monoisotopic (exact) mass is 412 g/mol. The van der Waals surface area contributed by atoms with Crippen LogP contribution >= 0.6 is 0 Å². The van der Waals surface area contributed by atoms with Gasteiger partial charge in [0.2, 0.25) is 11.8 Å². The van der Waals surface area contributed by atoms with Gasteiger partial charge in [0.15, 0.2) is 11.5 Å². The molecule has 2 atom stereocenters. The van der Waals surface area contributed by atoms with Crippen LogP contribution in [-0.2, 0) is 9.59 Å². The second-order valence-corrected chi connectivity index (χ2v) is 7.42. The molecule has 2 unspecified atom stereocenters. The van der Waals surface area contributed by atoms with Gasteiger partial charge in [-0.25, -0.2) is 0 Å². The summed E-state index contributed by atoms with van der Waals surface area (Å²) in [6, 6.07) is 12.9. The summed E-state index contributed by atoms with van der Waals surface area (Å²) >= 11 is 0. The Balaban J connectivity index is 2.07. The van der Waals surface area contributed by atoms with Gasteiger partial charge in [0.05, 0.1) is 32.2 Å². The topological polar surface area (TPSA) is 76.7 Å². The quantitative estimate of drug-likeness (QED) is 0.612. The molecule has 0 saturated heterocycles. The van der Waals surface area contributed by atoms with Crippen LogP contribution in [0.4, 0.5) is 0 Å². The molecule has 2 aromatic carbocycles. The van der Waals surface area contributed by atoms with Crippen LogP contribution in [-0.4, -0.2) is 25.5 Å². The summed E-state index contributed by atoms with van der Waals surface area (Å²) in [4.78, 5) is 24.3. The van der Waals surface area contributed by atoms with Crippen molar-refractivity contribution in [2.45, 2.75) is 52.6 Å². The molecule has 6 nitrogen and oxygen atoms in total. The molecular formula is C24H32N2O4. The Bertz CT molecular complexity index is 849. The van der Waals surface area contributed by atoms with Gasteiger partial charge in [0.25, 0.3) is 0 Å². The van der Waals surface area contributed by atoms with Crippen molar-refractivity contribution in [3.8, 4) is 11.5 Å². The minimum atomic E-state index is -0.380. The number of aryl methyl sites for hydroxylation is 1. The Morgan fingerprint density at radius 3 is 2.27 bits per heavy atom. The van der Waals surface area contributed by atoms with Crippen LogP contribution in [0.25, 0.3) is 0 Å². The van der Waals surface area contributed by atoms with E-state index in [1.54, 1.807) is 7.11 Å². The molecule has 0 aliphatic rings. The van der Waals surface area contributed by atoms with Gasteiger partial charge < -0.3 is 20.1 Å². The van der Waals surface area contributed by atoms with Crippen LogP contribution in [0.5, 0.6) is 11.5 Å². The van der Waals surface area contributed by atoms with Crippen LogP contribution < -0.4 is 20.1 Å². The number of rotatable bonds is 10. The molecule has 2 aromatic rings. The molecular weight excluding hydrogens is 380 g/mol. The predicted molar refractivity (Wildman–Crippen MR) is 118 cm³/mol. The normalized spacial score (nSPS) is 12.6. The van der Waals surface area contributed by atoms with E-state index >= 15 is 0 Å². The lowest BCUT2D eigenvalue weighted by atomic mass is 10.0. The standard InChI is InChI=1S/C24H32N2O4/c1-6-13-30-22-12-11-20(14-23(22)29-5)17(3)25-24(28)15-21(26-18(4)27)19-9-7-16(2)8-10-19/h7-12,14,17,21H,6,13,15H2,1-5H3,(H,25,28)(H,26,27). The smallest absolute Gasteiger partial charge is 0.222 e. The van der Waals surface area contributed by atoms with Crippen molar-refractivity contribution in [1.29, 1.82) is 0 Å². The van der Waals surface area contributed by atoms with E-state index in [9.17, 15) is 9.59 Å². The zero-order valence-corrected chi connectivity index (χ0v) is 18.5. The highest BCUT2D eigenvalue weighted by Gasteiger charge is 2.19. The molecule has 0 fully saturated rings. The minimum Gasteiger partial charge on any atom is -0.493 e. The highest BCUT2D eigenvalue weighted by Crippen LogP contribution is 2.30. The van der Waals surface area contributed by atoms with Crippen molar-refractivity contribution >= 4 is 11.8 Å². The first-order valence-corrected chi connectivity index (χ1v) is 10.3. The Morgan fingerprint density at radius 2 is 1.67 bits per heavy atom. The Hall–Kier alpha value is -3.02. The molecule has 0 aromatic heterocycles. The Labute approximate surface area is 179 Å². The van der Waals surface area contributed by atoms with Crippen molar-refractivity contribution < 1.29 is 19.1 Å². The molecule has 0 bridgehead atoms. The van der Waals surface area contributed by atoms with E-state index in [1.165, 1.54) is 6.92 Å². The van der Waals surface area contributed by atoms with Crippen molar-refractivity contribution in [3.05, 3.63) is 59.2 Å². The fourth-order valence-electron chi connectivity index (χ4n) is 3.15. The van der Waals surface area contributed by atoms with E-state index in [-0.39, 0.29) is 30.3 Å². The van der Waals surface area contributed by atoms with Crippen LogP contribution in [0.15, 0.2) is 42.5 Å². The van der Waals surface area contributed by atoms with E-state index in [1.807, 2.05) is 63.2 Å². The number of benzene rings is 2. The van der Waals surface area contributed by atoms with Crippen LogP contribution in [0.1, 0.15) is 62.4 Å². The number of nitrogens with one attached hydrogen (secondary N) is 2. The molecule has 2 rings (SSSR count). The Kier molecular flexibility index (Phi) is 8.71. The second-order valence-electron chi connectivity index (χ2n) is 7.42. The highest BCUT2D eigenvalue weighted by molar-refractivity contribution is 5.79. The maximum Gasteiger partial charge on any atom is 0.222 e. The van der Waals surface area contributed by atoms with E-state index in [0.29, 0.717) is 18.1 Å². The largest absolute Gasteiger partial charge is 0.493 e. The molecule has 0 heterocycles. The van der Waals surface area contributed by atoms with Gasteiger partial charge in [0.1, 0.15) is 0 Å². The number of amides is 2. The summed E-state index contributed by atoms with van der Waals surface area (Å²) in [5.41, 5.74) is 2.94. The second kappa shape index (κ2) is 11.2. The number of carbonyl (C=O) groups excluding carboxylic acids is 2. The van der Waals surface area contributed by atoms with Crippen LogP contribution in [0, 0.1) is 6.92 Å². The first-order chi connectivity index (χ1) is 14.3.